The molecule has 1 aliphatic carbocycles. The quantitative estimate of drug-likeness (QED) is 0.622. The molecule has 2 aromatic rings. The Labute approximate surface area is 213 Å². The molecule has 0 amide bonds. The van der Waals surface area contributed by atoms with Gasteiger partial charge in [0.1, 0.15) is 5.65 Å². The normalized spacial score (nSPS) is 30.2. The van der Waals surface area contributed by atoms with Crippen LogP contribution >= 0.6 is 24.6 Å². The number of nitrogens with zero attached hydrogens (tertiary/aromatic N) is 5. The molecule has 0 spiro atoms. The van der Waals surface area contributed by atoms with E-state index in [1.165, 1.54) is 73.2 Å². The van der Waals surface area contributed by atoms with E-state index >= 15 is 0 Å². The molecule has 184 valence electrons. The number of ether oxygens (including phenoxy) is 1. The smallest absolute Gasteiger partial charge is 0.150 e. The highest BCUT2D eigenvalue weighted by molar-refractivity contribution is 8.14. The fourth-order valence-electron chi connectivity index (χ4n) is 6.37. The van der Waals surface area contributed by atoms with Crippen molar-refractivity contribution in [2.75, 3.05) is 52.2 Å². The van der Waals surface area contributed by atoms with Gasteiger partial charge in [-0.2, -0.15) is 0 Å². The molecule has 0 aromatic carbocycles. The van der Waals surface area contributed by atoms with Crippen LogP contribution in [0.25, 0.3) is 11.0 Å². The van der Waals surface area contributed by atoms with Gasteiger partial charge < -0.3 is 9.64 Å². The van der Waals surface area contributed by atoms with E-state index in [1.54, 1.807) is 0 Å². The molecule has 2 saturated heterocycles. The van der Waals surface area contributed by atoms with Crippen molar-refractivity contribution in [1.82, 2.24) is 18.8 Å². The molecule has 6 nitrogen and oxygen atoms in total. The Morgan fingerprint density at radius 3 is 2.53 bits per heavy atom. The molecule has 1 atom stereocenters. The van der Waals surface area contributed by atoms with Gasteiger partial charge in [-0.05, 0) is 76.2 Å². The van der Waals surface area contributed by atoms with Gasteiger partial charge in [-0.3, -0.25) is 13.9 Å². The molecular formula is C26H37N5OS2. The third kappa shape index (κ3) is 4.69. The molecule has 1 saturated carbocycles. The van der Waals surface area contributed by atoms with Gasteiger partial charge in [-0.15, -0.1) is 11.8 Å². The second kappa shape index (κ2) is 10.1. The molecule has 0 bridgehead atoms. The number of thioether (sulfide) groups is 1. The molecule has 6 rings (SSSR count). The molecule has 0 radical (unpaired) electrons. The second-order valence-corrected chi connectivity index (χ2v) is 12.1. The lowest BCUT2D eigenvalue weighted by molar-refractivity contribution is 0.00729. The summed E-state index contributed by atoms with van der Waals surface area (Å²) in [6.07, 6.45) is 11.8. The van der Waals surface area contributed by atoms with Crippen molar-refractivity contribution in [3.63, 3.8) is 0 Å². The van der Waals surface area contributed by atoms with Crippen LogP contribution in [0.5, 0.6) is 0 Å². The van der Waals surface area contributed by atoms with E-state index in [1.807, 2.05) is 15.7 Å². The first-order valence-electron chi connectivity index (χ1n) is 13.1. The Hall–Kier alpha value is -1.06. The van der Waals surface area contributed by atoms with Crippen LogP contribution in [0.1, 0.15) is 61.6 Å². The van der Waals surface area contributed by atoms with E-state index in [0.717, 1.165) is 43.7 Å². The number of thiol groups is 1. The molecule has 5 heterocycles. The summed E-state index contributed by atoms with van der Waals surface area (Å²) in [5.74, 6) is 2.30. The fraction of sp³-hybridized carbons (Fsp3) is 0.692. The van der Waals surface area contributed by atoms with Crippen LogP contribution in [0.15, 0.2) is 23.5 Å². The number of aromatic nitrogens is 2. The number of fused-ring (bicyclic) bond motifs is 1. The Kier molecular flexibility index (Phi) is 6.96. The van der Waals surface area contributed by atoms with Crippen LogP contribution in [0.3, 0.4) is 0 Å². The number of likely N-dealkylation sites (tertiary alicyclic amines) is 1. The SMILES string of the molecule is CN1CCC(C2=NC(c3cn(S)c4ncc([C@H]5CC[C@@H](N6CCOCC6)CC5)cc34)CS2)CC1. The third-order valence-corrected chi connectivity index (χ3v) is 10.0. The number of aliphatic imine (C=N–C) groups is 1. The summed E-state index contributed by atoms with van der Waals surface area (Å²) in [4.78, 5) is 15.2. The average molecular weight is 500 g/mol. The molecule has 4 aliphatic rings. The molecular weight excluding hydrogens is 462 g/mol. The number of morpholine rings is 1. The van der Waals surface area contributed by atoms with Crippen LogP contribution in [-0.4, -0.2) is 82.0 Å². The number of rotatable bonds is 4. The van der Waals surface area contributed by atoms with Gasteiger partial charge >= 0.3 is 0 Å². The van der Waals surface area contributed by atoms with Crippen molar-refractivity contribution < 1.29 is 4.74 Å². The standard InChI is InChI=1S/C26H37N5OS2/c1-29-8-6-19(7-9-29)26-28-24(17-34-26)23-16-31(33)25-22(23)14-20(15-27-25)18-2-4-21(5-3-18)30-10-12-32-13-11-30/h14-16,18-19,21,24,33H,2-13,17H2,1H3/t18-,21+,24?. The van der Waals surface area contributed by atoms with Crippen LogP contribution in [-0.2, 0) is 4.74 Å². The third-order valence-electron chi connectivity index (χ3n) is 8.51. The molecule has 1 unspecified atom stereocenters. The monoisotopic (exact) mass is 499 g/mol. The van der Waals surface area contributed by atoms with Crippen LogP contribution in [0, 0.1) is 5.92 Å². The number of hydrogen-bond donors (Lipinski definition) is 1. The summed E-state index contributed by atoms with van der Waals surface area (Å²) in [7, 11) is 2.23. The van der Waals surface area contributed by atoms with E-state index < -0.39 is 0 Å². The van der Waals surface area contributed by atoms with Crippen LogP contribution in [0.4, 0.5) is 0 Å². The van der Waals surface area contributed by atoms with Gasteiger partial charge in [-0.1, -0.05) is 12.8 Å². The molecule has 3 aliphatic heterocycles. The lowest BCUT2D eigenvalue weighted by Gasteiger charge is -2.38. The van der Waals surface area contributed by atoms with Gasteiger partial charge in [0.05, 0.1) is 24.3 Å². The first kappa shape index (κ1) is 23.3. The van der Waals surface area contributed by atoms with Crippen molar-refractivity contribution in [1.29, 1.82) is 0 Å². The highest BCUT2D eigenvalue weighted by Crippen LogP contribution is 2.41. The Balaban J connectivity index is 1.18. The maximum Gasteiger partial charge on any atom is 0.150 e. The van der Waals surface area contributed by atoms with Crippen molar-refractivity contribution in [3.05, 3.63) is 29.6 Å². The van der Waals surface area contributed by atoms with Crippen LogP contribution in [0.2, 0.25) is 0 Å². The highest BCUT2D eigenvalue weighted by Gasteiger charge is 2.31. The van der Waals surface area contributed by atoms with Gasteiger partial charge in [0, 0.05) is 54.1 Å². The lowest BCUT2D eigenvalue weighted by Crippen LogP contribution is -2.44. The summed E-state index contributed by atoms with van der Waals surface area (Å²) in [5, 5.41) is 2.63. The first-order valence-corrected chi connectivity index (χ1v) is 14.4. The summed E-state index contributed by atoms with van der Waals surface area (Å²) >= 11 is 6.69. The van der Waals surface area contributed by atoms with E-state index in [0.29, 0.717) is 11.8 Å². The summed E-state index contributed by atoms with van der Waals surface area (Å²) in [6, 6.07) is 3.37. The van der Waals surface area contributed by atoms with Gasteiger partial charge in [0.25, 0.3) is 0 Å². The maximum absolute atomic E-state index is 5.55. The van der Waals surface area contributed by atoms with E-state index in [-0.39, 0.29) is 6.04 Å². The Bertz CT molecular complexity index is 1030. The number of piperidine rings is 1. The molecule has 34 heavy (non-hydrogen) atoms. The van der Waals surface area contributed by atoms with Gasteiger partial charge in [0.15, 0.2) is 0 Å². The maximum atomic E-state index is 5.55. The van der Waals surface area contributed by atoms with Crippen molar-refractivity contribution in [2.24, 2.45) is 10.9 Å². The van der Waals surface area contributed by atoms with E-state index in [4.69, 9.17) is 27.5 Å². The van der Waals surface area contributed by atoms with E-state index in [2.05, 4.69) is 35.3 Å². The second-order valence-electron chi connectivity index (χ2n) is 10.6. The number of hydrogen-bond acceptors (Lipinski definition) is 7. The fourth-order valence-corrected chi connectivity index (χ4v) is 7.91. The predicted octanol–water partition coefficient (Wildman–Crippen LogP) is 4.62. The molecule has 0 N–H and O–H groups in total. The largest absolute Gasteiger partial charge is 0.379 e. The topological polar surface area (TPSA) is 45.9 Å². The van der Waals surface area contributed by atoms with Crippen molar-refractivity contribution in [3.8, 4) is 0 Å². The minimum Gasteiger partial charge on any atom is -0.379 e. The molecule has 8 heteroatoms. The van der Waals surface area contributed by atoms with Gasteiger partial charge in [0.2, 0.25) is 0 Å². The van der Waals surface area contributed by atoms with Gasteiger partial charge in [-0.25, -0.2) is 4.98 Å². The van der Waals surface area contributed by atoms with Crippen molar-refractivity contribution in [2.45, 2.75) is 56.5 Å². The minimum atomic E-state index is 0.227. The van der Waals surface area contributed by atoms with Crippen LogP contribution < -0.4 is 0 Å². The summed E-state index contributed by atoms with van der Waals surface area (Å²) in [5.41, 5.74) is 3.67. The van der Waals surface area contributed by atoms with Crippen molar-refractivity contribution >= 4 is 40.7 Å². The van der Waals surface area contributed by atoms with E-state index in [9.17, 15) is 0 Å². The average Bonchev–Trinajstić information content (AvgIpc) is 3.50. The number of pyridine rings is 1. The lowest BCUT2D eigenvalue weighted by atomic mass is 9.81. The zero-order valence-electron chi connectivity index (χ0n) is 20.2. The highest BCUT2D eigenvalue weighted by atomic mass is 32.2. The zero-order valence-corrected chi connectivity index (χ0v) is 21.9. The Morgan fingerprint density at radius 2 is 1.76 bits per heavy atom. The molecule has 3 fully saturated rings. The minimum absolute atomic E-state index is 0.227. The molecule has 2 aromatic heterocycles. The summed E-state index contributed by atoms with van der Waals surface area (Å²) in [6.45, 7) is 6.36. The predicted molar refractivity (Wildman–Crippen MR) is 144 cm³/mol. The zero-order chi connectivity index (χ0) is 23.1. The summed E-state index contributed by atoms with van der Waals surface area (Å²) < 4.78 is 7.45. The Morgan fingerprint density at radius 1 is 1.00 bits per heavy atom. The first-order chi connectivity index (χ1) is 16.7.